The van der Waals surface area contributed by atoms with Gasteiger partial charge in [-0.3, -0.25) is 4.79 Å². The molecule has 5 heteroatoms. The molecule has 31 heavy (non-hydrogen) atoms. The van der Waals surface area contributed by atoms with E-state index in [1.165, 1.54) is 22.4 Å². The normalized spacial score (nSPS) is 16.9. The number of benzene rings is 2. The van der Waals surface area contributed by atoms with Gasteiger partial charge in [-0.15, -0.1) is 0 Å². The van der Waals surface area contributed by atoms with Crippen molar-refractivity contribution in [3.05, 3.63) is 63.7 Å². The van der Waals surface area contributed by atoms with Crippen LogP contribution in [0, 0.1) is 0 Å². The highest BCUT2D eigenvalue weighted by molar-refractivity contribution is 6.31. The monoisotopic (exact) mass is 438 g/mol. The van der Waals surface area contributed by atoms with E-state index in [2.05, 4.69) is 22.3 Å². The third-order valence-corrected chi connectivity index (χ3v) is 6.86. The number of halogens is 1. The maximum Gasteiger partial charge on any atom is 0.162 e. The number of nitrogens with one attached hydrogen (secondary N) is 1. The van der Waals surface area contributed by atoms with Gasteiger partial charge in [-0.25, -0.2) is 0 Å². The number of hydrogen-bond acceptors (Lipinski definition) is 4. The van der Waals surface area contributed by atoms with Crippen molar-refractivity contribution < 1.29 is 9.59 Å². The number of aldehydes is 1. The molecule has 0 saturated carbocycles. The van der Waals surface area contributed by atoms with Gasteiger partial charge in [0.2, 0.25) is 0 Å². The van der Waals surface area contributed by atoms with Gasteiger partial charge in [0, 0.05) is 35.7 Å². The summed E-state index contributed by atoms with van der Waals surface area (Å²) in [4.78, 5) is 26.4. The van der Waals surface area contributed by atoms with E-state index in [1.807, 2.05) is 24.3 Å². The van der Waals surface area contributed by atoms with Crippen molar-refractivity contribution >= 4 is 29.4 Å². The molecule has 1 N–H and O–H groups in total. The molecule has 0 amide bonds. The van der Waals surface area contributed by atoms with Crippen LogP contribution in [0.5, 0.6) is 0 Å². The second kappa shape index (κ2) is 10.4. The number of ketones is 1. The van der Waals surface area contributed by atoms with Crippen molar-refractivity contribution in [1.82, 2.24) is 5.32 Å². The number of aryl methyl sites for hydroxylation is 1. The van der Waals surface area contributed by atoms with Crippen molar-refractivity contribution in [2.45, 2.75) is 57.4 Å². The van der Waals surface area contributed by atoms with E-state index in [-0.39, 0.29) is 11.8 Å². The molecule has 4 rings (SSSR count). The Labute approximate surface area is 190 Å². The molecule has 1 atom stereocenters. The average molecular weight is 439 g/mol. The maximum absolute atomic E-state index is 12.8. The molecule has 1 unspecified atom stereocenters. The van der Waals surface area contributed by atoms with Gasteiger partial charge in [0.25, 0.3) is 0 Å². The fourth-order valence-electron chi connectivity index (χ4n) is 4.88. The van der Waals surface area contributed by atoms with Crippen LogP contribution in [0.15, 0.2) is 36.4 Å². The van der Waals surface area contributed by atoms with Crippen LogP contribution in [0.1, 0.15) is 59.2 Å². The summed E-state index contributed by atoms with van der Waals surface area (Å²) in [5, 5.41) is 4.30. The van der Waals surface area contributed by atoms with Crippen LogP contribution < -0.4 is 10.2 Å². The summed E-state index contributed by atoms with van der Waals surface area (Å²) in [6, 6.07) is 12.0. The lowest BCUT2D eigenvalue weighted by atomic mass is 9.94. The molecule has 4 nitrogen and oxygen atoms in total. The van der Waals surface area contributed by atoms with Gasteiger partial charge in [0.15, 0.2) is 5.78 Å². The number of carbonyl (C=O) groups is 2. The Kier molecular flexibility index (Phi) is 7.41. The van der Waals surface area contributed by atoms with E-state index in [0.717, 1.165) is 81.5 Å². The van der Waals surface area contributed by atoms with E-state index < -0.39 is 0 Å². The third-order valence-electron chi connectivity index (χ3n) is 6.49. The zero-order chi connectivity index (χ0) is 21.6. The van der Waals surface area contributed by atoms with Gasteiger partial charge in [-0.2, -0.15) is 0 Å². The predicted octanol–water partition coefficient (Wildman–Crippen LogP) is 4.79. The summed E-state index contributed by atoms with van der Waals surface area (Å²) in [6.45, 7) is 2.83. The summed E-state index contributed by atoms with van der Waals surface area (Å²) in [5.74, 6) is 0.234. The maximum atomic E-state index is 12.8. The standard InChI is InChI=1S/C26H31ClN2O2/c27-24-9-4-3-7-19(24)11-13-28-12-5-1-2-10-25(31)21-15-20-8-6-14-29-23(18-30)17-22(16-21)26(20)29/h3-4,7,9,15-16,18,23,28H,1-2,5-6,8,10-14,17H2. The summed E-state index contributed by atoms with van der Waals surface area (Å²) in [5.41, 5.74) is 5.67. The Morgan fingerprint density at radius 3 is 2.81 bits per heavy atom. The Morgan fingerprint density at radius 2 is 1.97 bits per heavy atom. The lowest BCUT2D eigenvalue weighted by Crippen LogP contribution is -2.36. The molecule has 2 aromatic rings. The molecular formula is C26H31ClN2O2. The van der Waals surface area contributed by atoms with Gasteiger partial charge < -0.3 is 15.0 Å². The minimum Gasteiger partial charge on any atom is -0.361 e. The number of rotatable bonds is 11. The number of carbonyl (C=O) groups excluding carboxylic acids is 2. The van der Waals surface area contributed by atoms with Gasteiger partial charge in [-0.05, 0) is 80.1 Å². The Balaban J connectivity index is 1.18. The van der Waals surface area contributed by atoms with E-state index >= 15 is 0 Å². The first-order valence-electron chi connectivity index (χ1n) is 11.5. The van der Waals surface area contributed by atoms with Crippen LogP contribution in [0.3, 0.4) is 0 Å². The second-order valence-electron chi connectivity index (χ2n) is 8.67. The first-order valence-corrected chi connectivity index (χ1v) is 11.9. The van der Waals surface area contributed by atoms with Crippen LogP contribution in [-0.2, 0) is 24.1 Å². The van der Waals surface area contributed by atoms with Crippen molar-refractivity contribution in [3.8, 4) is 0 Å². The lowest BCUT2D eigenvalue weighted by molar-refractivity contribution is -0.108. The highest BCUT2D eigenvalue weighted by Crippen LogP contribution is 2.39. The van der Waals surface area contributed by atoms with Crippen LogP contribution in [0.2, 0.25) is 5.02 Å². The Bertz CT molecular complexity index is 943. The quantitative estimate of drug-likeness (QED) is 0.311. The molecule has 2 aliphatic heterocycles. The lowest BCUT2D eigenvalue weighted by Gasteiger charge is -2.30. The molecule has 0 saturated heterocycles. The largest absolute Gasteiger partial charge is 0.361 e. The molecular weight excluding hydrogens is 408 g/mol. The molecule has 164 valence electrons. The fraction of sp³-hybridized carbons (Fsp3) is 0.462. The van der Waals surface area contributed by atoms with Gasteiger partial charge in [-0.1, -0.05) is 36.2 Å². The molecule has 0 spiro atoms. The van der Waals surface area contributed by atoms with Gasteiger partial charge in [0.05, 0.1) is 6.04 Å². The molecule has 0 bridgehead atoms. The zero-order valence-electron chi connectivity index (χ0n) is 18.0. The highest BCUT2D eigenvalue weighted by Gasteiger charge is 2.33. The van der Waals surface area contributed by atoms with Gasteiger partial charge in [0.1, 0.15) is 6.29 Å². The number of unbranched alkanes of at least 4 members (excludes halogenated alkanes) is 2. The van der Waals surface area contributed by atoms with E-state index in [0.29, 0.717) is 6.42 Å². The zero-order valence-corrected chi connectivity index (χ0v) is 18.8. The highest BCUT2D eigenvalue weighted by atomic mass is 35.5. The first-order chi connectivity index (χ1) is 15.2. The Morgan fingerprint density at radius 1 is 1.13 bits per heavy atom. The molecule has 0 fully saturated rings. The number of anilines is 1. The van der Waals surface area contributed by atoms with Crippen LogP contribution in [0.4, 0.5) is 5.69 Å². The molecule has 2 heterocycles. The SMILES string of the molecule is O=CC1Cc2cc(C(=O)CCCCCNCCc3ccccc3Cl)cc3c2N1CCC3. The van der Waals surface area contributed by atoms with Crippen LogP contribution in [-0.4, -0.2) is 37.7 Å². The van der Waals surface area contributed by atoms with E-state index in [1.54, 1.807) is 0 Å². The van der Waals surface area contributed by atoms with Crippen LogP contribution >= 0.6 is 11.6 Å². The minimum absolute atomic E-state index is 0.0511. The van der Waals surface area contributed by atoms with E-state index in [4.69, 9.17) is 11.6 Å². The van der Waals surface area contributed by atoms with Crippen molar-refractivity contribution in [2.24, 2.45) is 0 Å². The van der Waals surface area contributed by atoms with Crippen LogP contribution in [0.25, 0.3) is 0 Å². The smallest absolute Gasteiger partial charge is 0.162 e. The summed E-state index contributed by atoms with van der Waals surface area (Å²) < 4.78 is 0. The van der Waals surface area contributed by atoms with Crippen molar-refractivity contribution in [3.63, 3.8) is 0 Å². The number of Topliss-reactive ketones (excluding diaryl/α,β-unsaturated/α-hetero) is 1. The molecule has 0 radical (unpaired) electrons. The average Bonchev–Trinajstić information content (AvgIpc) is 3.15. The molecule has 0 aromatic heterocycles. The molecule has 2 aromatic carbocycles. The summed E-state index contributed by atoms with van der Waals surface area (Å²) in [6.07, 6.45) is 8.42. The van der Waals surface area contributed by atoms with Crippen molar-refractivity contribution in [1.29, 1.82) is 0 Å². The topological polar surface area (TPSA) is 49.4 Å². The second-order valence-corrected chi connectivity index (χ2v) is 9.08. The first kappa shape index (κ1) is 22.0. The Hall–Kier alpha value is -2.17. The van der Waals surface area contributed by atoms with E-state index in [9.17, 15) is 9.59 Å². The summed E-state index contributed by atoms with van der Waals surface area (Å²) >= 11 is 6.18. The third kappa shape index (κ3) is 5.19. The predicted molar refractivity (Wildman–Crippen MR) is 126 cm³/mol. The number of nitrogens with zero attached hydrogens (tertiary/aromatic N) is 1. The van der Waals surface area contributed by atoms with Crippen molar-refractivity contribution in [2.75, 3.05) is 24.5 Å². The summed E-state index contributed by atoms with van der Waals surface area (Å²) in [7, 11) is 0. The minimum atomic E-state index is -0.0511. The number of hydrogen-bond donors (Lipinski definition) is 1. The molecule has 0 aliphatic carbocycles. The molecule has 2 aliphatic rings. The van der Waals surface area contributed by atoms with Gasteiger partial charge >= 0.3 is 0 Å². The fourth-order valence-corrected chi connectivity index (χ4v) is 5.11.